The average molecular weight is 496 g/mol. The van der Waals surface area contributed by atoms with E-state index in [2.05, 4.69) is 19.2 Å². The Labute approximate surface area is 214 Å². The summed E-state index contributed by atoms with van der Waals surface area (Å²) in [5.41, 5.74) is 0. The topological polar surface area (TPSA) is 81.7 Å². The number of unbranched alkanes of at least 4 members (excludes halogenated alkanes) is 11. The van der Waals surface area contributed by atoms with Crippen molar-refractivity contribution in [3.8, 4) is 0 Å². The summed E-state index contributed by atoms with van der Waals surface area (Å²) in [6.45, 7) is 8.40. The second-order valence-corrected chi connectivity index (χ2v) is 10.8. The van der Waals surface area contributed by atoms with Crippen molar-refractivity contribution < 1.29 is 23.9 Å². The number of hydrogen-bond donors (Lipinski definition) is 1. The van der Waals surface area contributed by atoms with Crippen LogP contribution in [-0.4, -0.2) is 36.6 Å². The predicted octanol–water partition coefficient (Wildman–Crippen LogP) is 6.88. The third-order valence-corrected chi connectivity index (χ3v) is 7.06. The highest BCUT2D eigenvalue weighted by molar-refractivity contribution is 5.79. The van der Waals surface area contributed by atoms with E-state index in [9.17, 15) is 14.4 Å². The Morgan fingerprint density at radius 3 is 2.06 bits per heavy atom. The average Bonchev–Trinajstić information content (AvgIpc) is 2.81. The number of carbonyl (C=O) groups excluding carboxylic acids is 3. The zero-order valence-corrected chi connectivity index (χ0v) is 23.0. The van der Waals surface area contributed by atoms with Crippen molar-refractivity contribution in [3.05, 3.63) is 0 Å². The molecule has 0 aromatic heterocycles. The number of hydrogen-bond acceptors (Lipinski definition) is 5. The van der Waals surface area contributed by atoms with E-state index in [1.807, 2.05) is 13.8 Å². The van der Waals surface area contributed by atoms with Gasteiger partial charge < -0.3 is 14.8 Å². The van der Waals surface area contributed by atoms with Crippen LogP contribution in [0.15, 0.2) is 0 Å². The number of rotatable bonds is 21. The van der Waals surface area contributed by atoms with E-state index in [1.54, 1.807) is 0 Å². The molecule has 1 N–H and O–H groups in total. The summed E-state index contributed by atoms with van der Waals surface area (Å²) >= 11 is 0. The summed E-state index contributed by atoms with van der Waals surface area (Å²) in [5.74, 6) is -0.840. The lowest BCUT2D eigenvalue weighted by Gasteiger charge is -2.35. The van der Waals surface area contributed by atoms with Gasteiger partial charge in [0.15, 0.2) is 0 Å². The molecular weight excluding hydrogens is 442 g/mol. The molecule has 6 nitrogen and oxygen atoms in total. The maximum atomic E-state index is 12.9. The van der Waals surface area contributed by atoms with Crippen LogP contribution in [-0.2, 0) is 23.9 Å². The lowest BCUT2D eigenvalue weighted by Crippen LogP contribution is -2.47. The molecule has 35 heavy (non-hydrogen) atoms. The number of nitrogens with one attached hydrogen (secondary N) is 1. The highest BCUT2D eigenvalue weighted by atomic mass is 16.6. The minimum absolute atomic E-state index is 0.195. The molecule has 4 unspecified atom stereocenters. The highest BCUT2D eigenvalue weighted by Gasteiger charge is 2.41. The van der Waals surface area contributed by atoms with Gasteiger partial charge in [-0.3, -0.25) is 9.59 Å². The first-order valence-electron chi connectivity index (χ1n) is 14.5. The first-order valence-corrected chi connectivity index (χ1v) is 14.5. The molecule has 1 amide bonds. The van der Waals surface area contributed by atoms with Crippen LogP contribution >= 0.6 is 0 Å². The number of carbonyl (C=O) groups is 3. The molecule has 1 rings (SSSR count). The zero-order chi connectivity index (χ0) is 25.9. The van der Waals surface area contributed by atoms with Crippen molar-refractivity contribution in [1.29, 1.82) is 0 Å². The van der Waals surface area contributed by atoms with Crippen LogP contribution in [0.5, 0.6) is 0 Å². The van der Waals surface area contributed by atoms with Gasteiger partial charge in [-0.2, -0.15) is 0 Å². The summed E-state index contributed by atoms with van der Waals surface area (Å²) in [6.07, 6.45) is 18.0. The van der Waals surface area contributed by atoms with Crippen molar-refractivity contribution in [1.82, 2.24) is 5.32 Å². The summed E-state index contributed by atoms with van der Waals surface area (Å²) in [5, 5.41) is 2.60. The van der Waals surface area contributed by atoms with E-state index < -0.39 is 24.0 Å². The SMILES string of the molecule is CCCCCCCCCCCC1CC(OC(=O)C(CC(C)C)NC=O)C(CCCCCC)C(=O)O1. The Kier molecular flexibility index (Phi) is 17.6. The second-order valence-electron chi connectivity index (χ2n) is 10.8. The molecule has 0 bridgehead atoms. The lowest BCUT2D eigenvalue weighted by atomic mass is 9.87. The molecule has 1 heterocycles. The second kappa shape index (κ2) is 19.6. The Hall–Kier alpha value is -1.59. The Bertz CT molecular complexity index is 579. The summed E-state index contributed by atoms with van der Waals surface area (Å²) in [6, 6.07) is -0.679. The van der Waals surface area contributed by atoms with Gasteiger partial charge in [0, 0.05) is 6.42 Å². The van der Waals surface area contributed by atoms with Gasteiger partial charge in [-0.1, -0.05) is 105 Å². The van der Waals surface area contributed by atoms with Crippen LogP contribution in [0, 0.1) is 11.8 Å². The fraction of sp³-hybridized carbons (Fsp3) is 0.897. The molecule has 0 radical (unpaired) electrons. The van der Waals surface area contributed by atoms with Crippen LogP contribution in [0.1, 0.15) is 137 Å². The van der Waals surface area contributed by atoms with Crippen molar-refractivity contribution in [2.24, 2.45) is 11.8 Å². The molecule has 1 aliphatic heterocycles. The van der Waals surface area contributed by atoms with Crippen molar-refractivity contribution in [2.45, 2.75) is 155 Å². The Balaban J connectivity index is 2.61. The van der Waals surface area contributed by atoms with Crippen LogP contribution in [0.2, 0.25) is 0 Å². The molecule has 1 fully saturated rings. The van der Waals surface area contributed by atoms with Gasteiger partial charge in [-0.15, -0.1) is 0 Å². The van der Waals surface area contributed by atoms with Gasteiger partial charge in [0.05, 0.1) is 5.92 Å². The summed E-state index contributed by atoms with van der Waals surface area (Å²) < 4.78 is 11.7. The quantitative estimate of drug-likeness (QED) is 0.107. The van der Waals surface area contributed by atoms with Crippen molar-refractivity contribution >= 4 is 18.3 Å². The van der Waals surface area contributed by atoms with Crippen molar-refractivity contribution in [3.63, 3.8) is 0 Å². The van der Waals surface area contributed by atoms with Crippen LogP contribution in [0.25, 0.3) is 0 Å². The summed E-state index contributed by atoms with van der Waals surface area (Å²) in [4.78, 5) is 36.8. The minimum atomic E-state index is -0.679. The maximum Gasteiger partial charge on any atom is 0.328 e. The molecule has 0 aromatic rings. The minimum Gasteiger partial charge on any atom is -0.462 e. The van der Waals surface area contributed by atoms with Gasteiger partial charge >= 0.3 is 11.9 Å². The molecule has 0 aromatic carbocycles. The number of ether oxygens (including phenoxy) is 2. The Morgan fingerprint density at radius 2 is 1.49 bits per heavy atom. The number of cyclic esters (lactones) is 1. The third-order valence-electron chi connectivity index (χ3n) is 7.06. The molecule has 6 heteroatoms. The van der Waals surface area contributed by atoms with E-state index in [1.165, 1.54) is 44.9 Å². The monoisotopic (exact) mass is 495 g/mol. The van der Waals surface area contributed by atoms with Crippen molar-refractivity contribution in [2.75, 3.05) is 0 Å². The van der Waals surface area contributed by atoms with E-state index in [4.69, 9.17) is 9.47 Å². The van der Waals surface area contributed by atoms with E-state index >= 15 is 0 Å². The largest absolute Gasteiger partial charge is 0.462 e. The van der Waals surface area contributed by atoms with Gasteiger partial charge in [0.25, 0.3) is 0 Å². The number of amides is 1. The standard InChI is InChI=1S/C29H53NO5/c1-5-7-9-11-12-13-14-15-16-18-24-21-27(25(28(32)34-24)19-17-10-8-6-2)35-29(33)26(30-22-31)20-23(3)4/h22-27H,5-21H2,1-4H3,(H,30,31). The smallest absolute Gasteiger partial charge is 0.328 e. The molecule has 1 aliphatic rings. The lowest BCUT2D eigenvalue weighted by molar-refractivity contribution is -0.181. The molecule has 1 saturated heterocycles. The van der Waals surface area contributed by atoms with Gasteiger partial charge in [-0.25, -0.2) is 4.79 Å². The molecule has 0 spiro atoms. The van der Waals surface area contributed by atoms with E-state index in [-0.39, 0.29) is 18.0 Å². The summed E-state index contributed by atoms with van der Waals surface area (Å²) in [7, 11) is 0. The van der Waals surface area contributed by atoms with Crippen LogP contribution < -0.4 is 5.32 Å². The van der Waals surface area contributed by atoms with Gasteiger partial charge in [-0.05, 0) is 31.6 Å². The molecule has 4 atom stereocenters. The van der Waals surface area contributed by atoms with Gasteiger partial charge in [0.2, 0.25) is 6.41 Å². The van der Waals surface area contributed by atoms with Gasteiger partial charge in [0.1, 0.15) is 18.2 Å². The first-order chi connectivity index (χ1) is 16.9. The third kappa shape index (κ3) is 13.9. The first kappa shape index (κ1) is 31.4. The van der Waals surface area contributed by atoms with Crippen LogP contribution in [0.3, 0.4) is 0 Å². The van der Waals surface area contributed by atoms with E-state index in [0.717, 1.165) is 44.9 Å². The highest BCUT2D eigenvalue weighted by Crippen LogP contribution is 2.31. The predicted molar refractivity (Wildman–Crippen MR) is 141 cm³/mol. The zero-order valence-electron chi connectivity index (χ0n) is 23.0. The molecule has 0 saturated carbocycles. The maximum absolute atomic E-state index is 12.9. The fourth-order valence-corrected chi connectivity index (χ4v) is 4.98. The number of esters is 2. The fourth-order valence-electron chi connectivity index (χ4n) is 4.98. The molecule has 0 aliphatic carbocycles. The molecule has 204 valence electrons. The Morgan fingerprint density at radius 1 is 0.943 bits per heavy atom. The molecular formula is C29H53NO5. The van der Waals surface area contributed by atoms with E-state index in [0.29, 0.717) is 25.7 Å². The normalized spacial score (nSPS) is 20.9. The van der Waals surface area contributed by atoms with Crippen LogP contribution in [0.4, 0.5) is 0 Å².